The van der Waals surface area contributed by atoms with Crippen LogP contribution in [-0.2, 0) is 16.4 Å². The Balaban J connectivity index is 3.01. The number of benzene rings is 1. The first-order valence-corrected chi connectivity index (χ1v) is 7.93. The second kappa shape index (κ2) is 5.27. The van der Waals surface area contributed by atoms with E-state index in [1.165, 1.54) is 12.1 Å². The quantitative estimate of drug-likeness (QED) is 0.862. The van der Waals surface area contributed by atoms with E-state index in [2.05, 4.69) is 15.9 Å². The molecule has 0 heterocycles. The molecule has 18 heavy (non-hydrogen) atoms. The van der Waals surface area contributed by atoms with Gasteiger partial charge in [0, 0.05) is 4.83 Å². The highest BCUT2D eigenvalue weighted by Crippen LogP contribution is 2.30. The van der Waals surface area contributed by atoms with E-state index in [1.807, 2.05) is 20.8 Å². The van der Waals surface area contributed by atoms with Crippen LogP contribution in [0.25, 0.3) is 0 Å². The van der Waals surface area contributed by atoms with Crippen LogP contribution in [0.15, 0.2) is 23.1 Å². The molecule has 0 aliphatic carbocycles. The third-order valence-electron chi connectivity index (χ3n) is 2.69. The fourth-order valence-electron chi connectivity index (χ4n) is 1.37. The number of hydrogen-bond donors (Lipinski definition) is 1. The topological polar surface area (TPSA) is 60.2 Å². The van der Waals surface area contributed by atoms with Gasteiger partial charge in [-0.05, 0) is 29.5 Å². The minimum absolute atomic E-state index is 0.00887. The lowest BCUT2D eigenvalue weighted by atomic mass is 9.88. The third kappa shape index (κ3) is 4.03. The van der Waals surface area contributed by atoms with Crippen LogP contribution in [0, 0.1) is 11.2 Å². The van der Waals surface area contributed by atoms with Gasteiger partial charge in [0.25, 0.3) is 0 Å². The van der Waals surface area contributed by atoms with Gasteiger partial charge in [0.2, 0.25) is 10.0 Å². The van der Waals surface area contributed by atoms with Crippen molar-refractivity contribution in [1.82, 2.24) is 0 Å². The van der Waals surface area contributed by atoms with E-state index in [9.17, 15) is 12.8 Å². The maximum Gasteiger partial charge on any atom is 0.238 e. The molecule has 1 aromatic carbocycles. The van der Waals surface area contributed by atoms with Crippen LogP contribution in [0.3, 0.4) is 0 Å². The fraction of sp³-hybridized carbons (Fsp3) is 0.500. The highest BCUT2D eigenvalue weighted by molar-refractivity contribution is 9.09. The predicted octanol–water partition coefficient (Wildman–Crippen LogP) is 2.83. The van der Waals surface area contributed by atoms with E-state index in [4.69, 9.17) is 5.14 Å². The largest absolute Gasteiger partial charge is 0.238 e. The third-order valence-corrected chi connectivity index (χ3v) is 5.30. The lowest BCUT2D eigenvalue weighted by Gasteiger charge is -2.25. The summed E-state index contributed by atoms with van der Waals surface area (Å²) in [6, 6.07) is 3.76. The van der Waals surface area contributed by atoms with Crippen molar-refractivity contribution in [3.05, 3.63) is 29.6 Å². The van der Waals surface area contributed by atoms with Crippen LogP contribution in [-0.4, -0.2) is 13.2 Å². The summed E-state index contributed by atoms with van der Waals surface area (Å²) in [7, 11) is -3.85. The first kappa shape index (κ1) is 15.6. The highest BCUT2D eigenvalue weighted by atomic mass is 79.9. The molecule has 0 spiro atoms. The van der Waals surface area contributed by atoms with Crippen molar-refractivity contribution in [3.8, 4) is 0 Å². The summed E-state index contributed by atoms with van der Waals surface area (Å²) < 4.78 is 35.9. The Bertz CT molecular complexity index is 537. The molecule has 1 aromatic rings. The number of alkyl halides is 1. The molecule has 0 amide bonds. The lowest BCUT2D eigenvalue weighted by Crippen LogP contribution is -2.23. The smallest absolute Gasteiger partial charge is 0.225 e. The first-order chi connectivity index (χ1) is 8.01. The van der Waals surface area contributed by atoms with Crippen molar-refractivity contribution in [1.29, 1.82) is 0 Å². The molecular weight excluding hydrogens is 321 g/mol. The summed E-state index contributed by atoms with van der Waals surface area (Å²) in [4.78, 5) is -0.106. The van der Waals surface area contributed by atoms with Gasteiger partial charge in [-0.1, -0.05) is 42.8 Å². The summed E-state index contributed by atoms with van der Waals surface area (Å²) in [6.45, 7) is 6.13. The molecule has 1 rings (SSSR count). The molecule has 6 heteroatoms. The van der Waals surface area contributed by atoms with Gasteiger partial charge in [0.15, 0.2) is 0 Å². The maximum atomic E-state index is 13.8. The standard InChI is InChI=1S/C12H17BrFNO2S/c1-12(2,3)11(13)6-8-4-5-9(7-10(8)14)18(15,16)17/h4-5,7,11H,6H2,1-3H3,(H2,15,16,17). The van der Waals surface area contributed by atoms with Gasteiger partial charge < -0.3 is 0 Å². The molecule has 0 saturated heterocycles. The van der Waals surface area contributed by atoms with E-state index in [-0.39, 0.29) is 15.1 Å². The Hall–Kier alpha value is -0.460. The van der Waals surface area contributed by atoms with E-state index < -0.39 is 15.8 Å². The molecule has 102 valence electrons. The molecule has 0 aliphatic rings. The second-order valence-corrected chi connectivity index (χ2v) is 8.00. The normalized spacial score (nSPS) is 14.6. The van der Waals surface area contributed by atoms with Crippen molar-refractivity contribution in [3.63, 3.8) is 0 Å². The van der Waals surface area contributed by atoms with Gasteiger partial charge in [-0.25, -0.2) is 17.9 Å². The van der Waals surface area contributed by atoms with Crippen molar-refractivity contribution in [2.45, 2.75) is 36.9 Å². The van der Waals surface area contributed by atoms with Gasteiger partial charge in [-0.3, -0.25) is 0 Å². The first-order valence-electron chi connectivity index (χ1n) is 5.47. The average Bonchev–Trinajstić information content (AvgIpc) is 2.17. The molecule has 0 radical (unpaired) electrons. The second-order valence-electron chi connectivity index (χ2n) is 5.34. The lowest BCUT2D eigenvalue weighted by molar-refractivity contribution is 0.395. The molecule has 3 nitrogen and oxygen atoms in total. The molecule has 0 aliphatic heterocycles. The minimum Gasteiger partial charge on any atom is -0.225 e. The Morgan fingerprint density at radius 2 is 1.94 bits per heavy atom. The molecule has 0 fully saturated rings. The summed E-state index contributed by atoms with van der Waals surface area (Å²) in [5, 5.41) is 4.94. The van der Waals surface area contributed by atoms with E-state index in [0.717, 1.165) is 6.07 Å². The molecule has 1 unspecified atom stereocenters. The van der Waals surface area contributed by atoms with Crippen LogP contribution in [0.1, 0.15) is 26.3 Å². The highest BCUT2D eigenvalue weighted by Gasteiger charge is 2.23. The zero-order valence-electron chi connectivity index (χ0n) is 10.6. The van der Waals surface area contributed by atoms with Gasteiger partial charge in [0.05, 0.1) is 4.90 Å². The van der Waals surface area contributed by atoms with Crippen molar-refractivity contribution in [2.75, 3.05) is 0 Å². The zero-order chi connectivity index (χ0) is 14.1. The minimum atomic E-state index is -3.85. The number of sulfonamides is 1. The molecule has 2 N–H and O–H groups in total. The van der Waals surface area contributed by atoms with E-state index in [0.29, 0.717) is 12.0 Å². The fourth-order valence-corrected chi connectivity index (χ4v) is 2.24. The summed E-state index contributed by atoms with van der Waals surface area (Å²) in [6.07, 6.45) is 0.486. The number of nitrogens with two attached hydrogens (primary N) is 1. The van der Waals surface area contributed by atoms with Gasteiger partial charge >= 0.3 is 0 Å². The van der Waals surface area contributed by atoms with Crippen LogP contribution < -0.4 is 5.14 Å². The van der Waals surface area contributed by atoms with Crippen LogP contribution >= 0.6 is 15.9 Å². The summed E-state index contributed by atoms with van der Waals surface area (Å²) >= 11 is 3.52. The van der Waals surface area contributed by atoms with Crippen LogP contribution in [0.4, 0.5) is 4.39 Å². The number of rotatable bonds is 3. The monoisotopic (exact) mass is 337 g/mol. The van der Waals surface area contributed by atoms with E-state index in [1.54, 1.807) is 0 Å². The molecule has 0 aromatic heterocycles. The Labute approximate surface area is 116 Å². The van der Waals surface area contributed by atoms with Crippen LogP contribution in [0.2, 0.25) is 0 Å². The average molecular weight is 338 g/mol. The summed E-state index contributed by atoms with van der Waals surface area (Å²) in [5.41, 5.74) is 0.463. The summed E-state index contributed by atoms with van der Waals surface area (Å²) in [5.74, 6) is -0.546. The molecular formula is C12H17BrFNO2S. The van der Waals surface area contributed by atoms with Gasteiger partial charge in [-0.2, -0.15) is 0 Å². The van der Waals surface area contributed by atoms with Gasteiger partial charge in [0.1, 0.15) is 5.82 Å². The SMILES string of the molecule is CC(C)(C)C(Br)Cc1ccc(S(N)(=O)=O)cc1F. The Morgan fingerprint density at radius 1 is 1.39 bits per heavy atom. The molecule has 0 bridgehead atoms. The van der Waals surface area contributed by atoms with Crippen molar-refractivity contribution in [2.24, 2.45) is 10.6 Å². The number of halogens is 2. The van der Waals surface area contributed by atoms with Crippen molar-refractivity contribution >= 4 is 26.0 Å². The number of primary sulfonamides is 1. The van der Waals surface area contributed by atoms with Crippen LogP contribution in [0.5, 0.6) is 0 Å². The maximum absolute atomic E-state index is 13.8. The van der Waals surface area contributed by atoms with E-state index >= 15 is 0 Å². The predicted molar refractivity (Wildman–Crippen MR) is 73.6 cm³/mol. The Morgan fingerprint density at radius 3 is 2.33 bits per heavy atom. The van der Waals surface area contributed by atoms with Crippen molar-refractivity contribution < 1.29 is 12.8 Å². The van der Waals surface area contributed by atoms with Gasteiger partial charge in [-0.15, -0.1) is 0 Å². The molecule has 0 saturated carbocycles. The number of hydrogen-bond acceptors (Lipinski definition) is 2. The Kier molecular flexibility index (Phi) is 4.56. The molecule has 1 atom stereocenters. The zero-order valence-corrected chi connectivity index (χ0v) is 13.0.